The predicted molar refractivity (Wildman–Crippen MR) is 62.1 cm³/mol. The summed E-state index contributed by atoms with van der Waals surface area (Å²) in [4.78, 5) is 12.9. The number of hydrogen-bond acceptors (Lipinski definition) is 5. The fraction of sp³-hybridized carbons (Fsp3) is 0.700. The maximum absolute atomic E-state index is 4.32. The van der Waals surface area contributed by atoms with E-state index in [1.165, 1.54) is 0 Å². The molecule has 0 unspecified atom stereocenters. The van der Waals surface area contributed by atoms with Crippen LogP contribution in [-0.2, 0) is 6.42 Å². The molecule has 15 heavy (non-hydrogen) atoms. The van der Waals surface area contributed by atoms with E-state index >= 15 is 0 Å². The van der Waals surface area contributed by atoms with E-state index in [1.807, 2.05) is 13.8 Å². The lowest BCUT2D eigenvalue weighted by Crippen LogP contribution is -2.11. The normalized spacial score (nSPS) is 10.1. The number of rotatable bonds is 6. The molecule has 0 saturated heterocycles. The first-order valence-electron chi connectivity index (χ1n) is 5.52. The number of aryl methyl sites for hydroxylation is 1. The first kappa shape index (κ1) is 11.7. The van der Waals surface area contributed by atoms with Gasteiger partial charge in [0.05, 0.1) is 0 Å². The Labute approximate surface area is 90.7 Å². The van der Waals surface area contributed by atoms with Crippen molar-refractivity contribution in [2.75, 3.05) is 23.7 Å². The summed E-state index contributed by atoms with van der Waals surface area (Å²) in [7, 11) is 0. The minimum Gasteiger partial charge on any atom is -0.354 e. The van der Waals surface area contributed by atoms with Gasteiger partial charge in [0.1, 0.15) is 5.82 Å². The van der Waals surface area contributed by atoms with Gasteiger partial charge in [-0.25, -0.2) is 0 Å². The van der Waals surface area contributed by atoms with Gasteiger partial charge in [-0.1, -0.05) is 6.92 Å². The predicted octanol–water partition coefficient (Wildman–Crippen LogP) is 1.69. The number of nitrogens with one attached hydrogen (secondary N) is 2. The van der Waals surface area contributed by atoms with Gasteiger partial charge in [-0.3, -0.25) is 0 Å². The molecule has 0 bridgehead atoms. The van der Waals surface area contributed by atoms with Crippen molar-refractivity contribution < 1.29 is 0 Å². The molecule has 0 aliphatic rings. The van der Waals surface area contributed by atoms with Crippen molar-refractivity contribution in [3.8, 4) is 0 Å². The molecule has 1 heterocycles. The molecule has 0 amide bonds. The average Bonchev–Trinajstić information content (AvgIpc) is 2.19. The molecule has 2 N–H and O–H groups in total. The summed E-state index contributed by atoms with van der Waals surface area (Å²) in [6.45, 7) is 7.80. The van der Waals surface area contributed by atoms with Gasteiger partial charge >= 0.3 is 0 Å². The molecule has 0 saturated carbocycles. The van der Waals surface area contributed by atoms with Crippen LogP contribution < -0.4 is 10.6 Å². The maximum Gasteiger partial charge on any atom is 0.227 e. The monoisotopic (exact) mass is 209 g/mol. The first-order chi connectivity index (χ1) is 7.30. The van der Waals surface area contributed by atoms with E-state index in [0.717, 1.165) is 31.8 Å². The lowest BCUT2D eigenvalue weighted by Gasteiger charge is -2.07. The van der Waals surface area contributed by atoms with Crippen LogP contribution in [0.15, 0.2) is 0 Å². The zero-order valence-electron chi connectivity index (χ0n) is 9.67. The summed E-state index contributed by atoms with van der Waals surface area (Å²) in [6, 6.07) is 0. The number of nitrogens with zero attached hydrogens (tertiary/aromatic N) is 3. The van der Waals surface area contributed by atoms with Crippen LogP contribution in [0.2, 0.25) is 0 Å². The van der Waals surface area contributed by atoms with Gasteiger partial charge in [0.25, 0.3) is 0 Å². The molecule has 0 spiro atoms. The van der Waals surface area contributed by atoms with Crippen molar-refractivity contribution in [2.45, 2.75) is 33.6 Å². The van der Waals surface area contributed by atoms with Crippen molar-refractivity contribution in [2.24, 2.45) is 0 Å². The molecule has 0 atom stereocenters. The molecule has 5 nitrogen and oxygen atoms in total. The van der Waals surface area contributed by atoms with Crippen LogP contribution in [0.5, 0.6) is 0 Å². The molecule has 84 valence electrons. The van der Waals surface area contributed by atoms with Crippen molar-refractivity contribution in [1.82, 2.24) is 15.0 Å². The highest BCUT2D eigenvalue weighted by Crippen LogP contribution is 2.06. The SMILES string of the molecule is CCCc1nc(NCC)nc(NCC)n1. The van der Waals surface area contributed by atoms with Crippen LogP contribution in [0.25, 0.3) is 0 Å². The Morgan fingerprint density at radius 2 is 1.40 bits per heavy atom. The van der Waals surface area contributed by atoms with Gasteiger partial charge in [-0.2, -0.15) is 15.0 Å². The second-order valence-electron chi connectivity index (χ2n) is 3.21. The van der Waals surface area contributed by atoms with Crippen molar-refractivity contribution in [3.63, 3.8) is 0 Å². The molecule has 0 fully saturated rings. The summed E-state index contributed by atoms with van der Waals surface area (Å²) in [6.07, 6.45) is 1.93. The van der Waals surface area contributed by atoms with E-state index in [4.69, 9.17) is 0 Å². The van der Waals surface area contributed by atoms with Crippen LogP contribution >= 0.6 is 0 Å². The van der Waals surface area contributed by atoms with E-state index < -0.39 is 0 Å². The number of hydrogen-bond donors (Lipinski definition) is 2. The Hall–Kier alpha value is -1.39. The lowest BCUT2D eigenvalue weighted by molar-refractivity contribution is 0.817. The number of anilines is 2. The lowest BCUT2D eigenvalue weighted by atomic mass is 10.3. The highest BCUT2D eigenvalue weighted by atomic mass is 15.2. The van der Waals surface area contributed by atoms with E-state index in [9.17, 15) is 0 Å². The molecule has 1 aromatic heterocycles. The average molecular weight is 209 g/mol. The standard InChI is InChI=1S/C10H19N5/c1-4-7-8-13-9(11-5-2)15-10(14-8)12-6-3/h4-7H2,1-3H3,(H2,11,12,13,14,15). The van der Waals surface area contributed by atoms with E-state index in [2.05, 4.69) is 32.5 Å². The van der Waals surface area contributed by atoms with Crippen LogP contribution in [-0.4, -0.2) is 28.0 Å². The van der Waals surface area contributed by atoms with Gasteiger partial charge in [0.15, 0.2) is 0 Å². The molecule has 1 aromatic rings. The van der Waals surface area contributed by atoms with Gasteiger partial charge in [-0.05, 0) is 20.3 Å². The van der Waals surface area contributed by atoms with Crippen molar-refractivity contribution in [1.29, 1.82) is 0 Å². The number of aromatic nitrogens is 3. The summed E-state index contributed by atoms with van der Waals surface area (Å²) in [5, 5.41) is 6.21. The topological polar surface area (TPSA) is 62.7 Å². The third-order valence-corrected chi connectivity index (χ3v) is 1.83. The second-order valence-corrected chi connectivity index (χ2v) is 3.21. The molecule has 0 aliphatic carbocycles. The quantitative estimate of drug-likeness (QED) is 0.746. The molecule has 0 aliphatic heterocycles. The molecular formula is C10H19N5. The molecule has 5 heteroatoms. The highest BCUT2D eigenvalue weighted by molar-refractivity contribution is 5.34. The second kappa shape index (κ2) is 6.16. The Morgan fingerprint density at radius 3 is 1.80 bits per heavy atom. The molecule has 0 aromatic carbocycles. The summed E-state index contributed by atoms with van der Waals surface area (Å²) in [5.41, 5.74) is 0. The summed E-state index contributed by atoms with van der Waals surface area (Å²) < 4.78 is 0. The largest absolute Gasteiger partial charge is 0.354 e. The molecule has 0 radical (unpaired) electrons. The van der Waals surface area contributed by atoms with Crippen LogP contribution in [0.3, 0.4) is 0 Å². The Kier molecular flexibility index (Phi) is 4.80. The van der Waals surface area contributed by atoms with Crippen LogP contribution in [0, 0.1) is 0 Å². The summed E-state index contributed by atoms with van der Waals surface area (Å²) >= 11 is 0. The first-order valence-corrected chi connectivity index (χ1v) is 5.52. The zero-order valence-corrected chi connectivity index (χ0v) is 9.67. The van der Waals surface area contributed by atoms with Gasteiger partial charge in [0.2, 0.25) is 11.9 Å². The Balaban J connectivity index is 2.86. The maximum atomic E-state index is 4.32. The fourth-order valence-corrected chi connectivity index (χ4v) is 1.23. The van der Waals surface area contributed by atoms with Gasteiger partial charge in [0, 0.05) is 19.5 Å². The minimum atomic E-state index is 0.659. The molecule has 1 rings (SSSR count). The third-order valence-electron chi connectivity index (χ3n) is 1.83. The highest BCUT2D eigenvalue weighted by Gasteiger charge is 2.03. The summed E-state index contributed by atoms with van der Waals surface area (Å²) in [5.74, 6) is 2.17. The van der Waals surface area contributed by atoms with Crippen molar-refractivity contribution in [3.05, 3.63) is 5.82 Å². The van der Waals surface area contributed by atoms with Gasteiger partial charge < -0.3 is 10.6 Å². The van der Waals surface area contributed by atoms with E-state index in [-0.39, 0.29) is 0 Å². The Morgan fingerprint density at radius 1 is 0.867 bits per heavy atom. The fourth-order valence-electron chi connectivity index (χ4n) is 1.23. The van der Waals surface area contributed by atoms with E-state index in [0.29, 0.717) is 11.9 Å². The molecular weight excluding hydrogens is 190 g/mol. The smallest absolute Gasteiger partial charge is 0.227 e. The Bertz CT molecular complexity index is 240. The zero-order chi connectivity index (χ0) is 11.1. The van der Waals surface area contributed by atoms with E-state index in [1.54, 1.807) is 0 Å². The van der Waals surface area contributed by atoms with Gasteiger partial charge in [-0.15, -0.1) is 0 Å². The van der Waals surface area contributed by atoms with Crippen LogP contribution in [0.4, 0.5) is 11.9 Å². The van der Waals surface area contributed by atoms with Crippen molar-refractivity contribution >= 4 is 11.9 Å². The van der Waals surface area contributed by atoms with Crippen LogP contribution in [0.1, 0.15) is 33.0 Å². The minimum absolute atomic E-state index is 0.659. The third kappa shape index (κ3) is 3.69.